The van der Waals surface area contributed by atoms with E-state index in [1.165, 1.54) is 25.7 Å². The van der Waals surface area contributed by atoms with Crippen LogP contribution < -0.4 is 5.32 Å². The number of likely N-dealkylation sites (tertiary alicyclic amines) is 1. The van der Waals surface area contributed by atoms with Crippen LogP contribution in [-0.2, 0) is 9.53 Å². The number of piperidine rings is 2. The van der Waals surface area contributed by atoms with Crippen molar-refractivity contribution in [3.63, 3.8) is 0 Å². The van der Waals surface area contributed by atoms with Crippen LogP contribution in [0.1, 0.15) is 46.0 Å². The van der Waals surface area contributed by atoms with Crippen LogP contribution >= 0.6 is 0 Å². The Morgan fingerprint density at radius 3 is 2.65 bits per heavy atom. The third-order valence-electron chi connectivity index (χ3n) is 4.93. The third-order valence-corrected chi connectivity index (χ3v) is 4.93. The molecule has 2 rings (SSSR count). The van der Waals surface area contributed by atoms with Gasteiger partial charge in [-0.2, -0.15) is 0 Å². The molecule has 0 aromatic heterocycles. The van der Waals surface area contributed by atoms with Crippen LogP contribution in [0.5, 0.6) is 0 Å². The zero-order valence-electron chi connectivity index (χ0n) is 13.1. The van der Waals surface area contributed by atoms with Gasteiger partial charge in [0.25, 0.3) is 0 Å². The topological polar surface area (TPSA) is 41.6 Å². The standard InChI is InChI=1S/C16H30N2O2/c1-3-15(16(19)20-4-2)18-11-5-6-14(12-18)13-7-9-17-10-8-13/h13-15,17H,3-12H2,1-2H3. The highest BCUT2D eigenvalue weighted by molar-refractivity contribution is 5.75. The first-order valence-electron chi connectivity index (χ1n) is 8.37. The monoisotopic (exact) mass is 282 g/mol. The van der Waals surface area contributed by atoms with E-state index in [0.717, 1.165) is 44.4 Å². The van der Waals surface area contributed by atoms with Gasteiger partial charge in [-0.1, -0.05) is 6.92 Å². The summed E-state index contributed by atoms with van der Waals surface area (Å²) < 4.78 is 5.24. The van der Waals surface area contributed by atoms with Crippen LogP contribution in [0.4, 0.5) is 0 Å². The van der Waals surface area contributed by atoms with E-state index in [1.807, 2.05) is 6.92 Å². The predicted molar refractivity (Wildman–Crippen MR) is 80.6 cm³/mol. The van der Waals surface area contributed by atoms with E-state index in [4.69, 9.17) is 4.74 Å². The molecule has 2 aliphatic heterocycles. The van der Waals surface area contributed by atoms with Crippen LogP contribution in [-0.4, -0.2) is 49.7 Å². The maximum Gasteiger partial charge on any atom is 0.323 e. The lowest BCUT2D eigenvalue weighted by molar-refractivity contribution is -0.150. The maximum atomic E-state index is 12.1. The van der Waals surface area contributed by atoms with Crippen molar-refractivity contribution in [2.24, 2.45) is 11.8 Å². The molecule has 0 aromatic carbocycles. The number of hydrogen-bond donors (Lipinski definition) is 1. The Labute approximate surface area is 123 Å². The summed E-state index contributed by atoms with van der Waals surface area (Å²) in [5.41, 5.74) is 0. The van der Waals surface area contributed by atoms with Gasteiger partial charge in [0.15, 0.2) is 0 Å². The molecule has 2 aliphatic rings. The quantitative estimate of drug-likeness (QED) is 0.784. The first-order valence-corrected chi connectivity index (χ1v) is 8.37. The molecule has 0 aromatic rings. The number of rotatable bonds is 5. The zero-order valence-corrected chi connectivity index (χ0v) is 13.1. The number of carbonyl (C=O) groups is 1. The Hall–Kier alpha value is -0.610. The molecule has 2 atom stereocenters. The Morgan fingerprint density at radius 1 is 1.25 bits per heavy atom. The Morgan fingerprint density at radius 2 is 2.00 bits per heavy atom. The molecule has 2 fully saturated rings. The average molecular weight is 282 g/mol. The summed E-state index contributed by atoms with van der Waals surface area (Å²) in [7, 11) is 0. The molecular formula is C16H30N2O2. The van der Waals surface area contributed by atoms with E-state index in [-0.39, 0.29) is 12.0 Å². The second-order valence-electron chi connectivity index (χ2n) is 6.16. The smallest absolute Gasteiger partial charge is 0.323 e. The van der Waals surface area contributed by atoms with E-state index in [0.29, 0.717) is 6.61 Å². The summed E-state index contributed by atoms with van der Waals surface area (Å²) in [6.07, 6.45) is 6.02. The van der Waals surface area contributed by atoms with Gasteiger partial charge in [-0.25, -0.2) is 0 Å². The zero-order chi connectivity index (χ0) is 14.4. The molecule has 0 aliphatic carbocycles. The van der Waals surface area contributed by atoms with Gasteiger partial charge in [0.1, 0.15) is 6.04 Å². The number of hydrogen-bond acceptors (Lipinski definition) is 4. The number of nitrogens with one attached hydrogen (secondary N) is 1. The van der Waals surface area contributed by atoms with Gasteiger partial charge in [-0.3, -0.25) is 9.69 Å². The summed E-state index contributed by atoms with van der Waals surface area (Å²) in [4.78, 5) is 14.5. The predicted octanol–water partition coefficient (Wildman–Crippen LogP) is 2.04. The van der Waals surface area contributed by atoms with Crippen LogP contribution in [0.15, 0.2) is 0 Å². The van der Waals surface area contributed by atoms with Crippen molar-refractivity contribution < 1.29 is 9.53 Å². The molecular weight excluding hydrogens is 252 g/mol. The molecule has 2 unspecified atom stereocenters. The number of ether oxygens (including phenoxy) is 1. The maximum absolute atomic E-state index is 12.1. The van der Waals surface area contributed by atoms with Crippen molar-refractivity contribution in [3.8, 4) is 0 Å². The van der Waals surface area contributed by atoms with Crippen molar-refractivity contribution in [1.29, 1.82) is 0 Å². The highest BCUT2D eigenvalue weighted by atomic mass is 16.5. The molecule has 2 saturated heterocycles. The van der Waals surface area contributed by atoms with Gasteiger partial charge in [0.05, 0.1) is 6.61 Å². The molecule has 2 heterocycles. The Bertz CT molecular complexity index is 303. The normalized spacial score (nSPS) is 27.2. The highest BCUT2D eigenvalue weighted by Gasteiger charge is 2.33. The van der Waals surface area contributed by atoms with Gasteiger partial charge in [0.2, 0.25) is 0 Å². The van der Waals surface area contributed by atoms with Gasteiger partial charge >= 0.3 is 5.97 Å². The number of carbonyl (C=O) groups excluding carboxylic acids is 1. The van der Waals surface area contributed by atoms with Crippen LogP contribution in [0.2, 0.25) is 0 Å². The van der Waals surface area contributed by atoms with Gasteiger partial charge in [0, 0.05) is 6.54 Å². The summed E-state index contributed by atoms with van der Waals surface area (Å²) in [5.74, 6) is 1.59. The first kappa shape index (κ1) is 15.8. The molecule has 0 saturated carbocycles. The van der Waals surface area contributed by atoms with E-state index in [1.54, 1.807) is 0 Å². The van der Waals surface area contributed by atoms with Crippen molar-refractivity contribution in [1.82, 2.24) is 10.2 Å². The van der Waals surface area contributed by atoms with Gasteiger partial charge < -0.3 is 10.1 Å². The minimum Gasteiger partial charge on any atom is -0.465 e. The van der Waals surface area contributed by atoms with E-state index >= 15 is 0 Å². The summed E-state index contributed by atoms with van der Waals surface area (Å²) >= 11 is 0. The summed E-state index contributed by atoms with van der Waals surface area (Å²) in [5, 5.41) is 3.45. The molecule has 0 radical (unpaired) electrons. The van der Waals surface area contributed by atoms with Crippen LogP contribution in [0.25, 0.3) is 0 Å². The number of nitrogens with zero attached hydrogens (tertiary/aromatic N) is 1. The van der Waals surface area contributed by atoms with Crippen molar-refractivity contribution >= 4 is 5.97 Å². The largest absolute Gasteiger partial charge is 0.465 e. The van der Waals surface area contributed by atoms with Crippen LogP contribution in [0.3, 0.4) is 0 Å². The third kappa shape index (κ3) is 3.95. The van der Waals surface area contributed by atoms with Crippen molar-refractivity contribution in [3.05, 3.63) is 0 Å². The van der Waals surface area contributed by atoms with Crippen LogP contribution in [0, 0.1) is 11.8 Å². The summed E-state index contributed by atoms with van der Waals surface area (Å²) in [6.45, 7) is 8.93. The van der Waals surface area contributed by atoms with Gasteiger partial charge in [-0.15, -0.1) is 0 Å². The molecule has 0 bridgehead atoms. The molecule has 116 valence electrons. The minimum absolute atomic E-state index is 0.0269. The second-order valence-corrected chi connectivity index (χ2v) is 6.16. The van der Waals surface area contributed by atoms with E-state index < -0.39 is 0 Å². The van der Waals surface area contributed by atoms with E-state index in [2.05, 4.69) is 17.1 Å². The molecule has 4 heteroatoms. The summed E-state index contributed by atoms with van der Waals surface area (Å²) in [6, 6.07) is -0.0283. The fourth-order valence-corrected chi connectivity index (χ4v) is 3.84. The average Bonchev–Trinajstić information content (AvgIpc) is 2.49. The molecule has 1 N–H and O–H groups in total. The van der Waals surface area contributed by atoms with Crippen molar-refractivity contribution in [2.75, 3.05) is 32.8 Å². The second kappa shape index (κ2) is 7.99. The van der Waals surface area contributed by atoms with Crippen molar-refractivity contribution in [2.45, 2.75) is 52.0 Å². The Kier molecular flexibility index (Phi) is 6.30. The molecule has 4 nitrogen and oxygen atoms in total. The van der Waals surface area contributed by atoms with Gasteiger partial charge in [-0.05, 0) is 70.5 Å². The first-order chi connectivity index (χ1) is 9.76. The lowest BCUT2D eigenvalue weighted by Crippen LogP contribution is -2.49. The Balaban J connectivity index is 1.92. The van der Waals surface area contributed by atoms with E-state index in [9.17, 15) is 4.79 Å². The fourth-order valence-electron chi connectivity index (χ4n) is 3.84. The minimum atomic E-state index is -0.0283. The highest BCUT2D eigenvalue weighted by Crippen LogP contribution is 2.31. The fraction of sp³-hybridized carbons (Fsp3) is 0.938. The SMILES string of the molecule is CCOC(=O)C(CC)N1CCCC(C2CCNCC2)C1. The molecule has 0 amide bonds. The lowest BCUT2D eigenvalue weighted by atomic mass is 9.80. The lowest BCUT2D eigenvalue weighted by Gasteiger charge is -2.41. The number of esters is 1. The molecule has 20 heavy (non-hydrogen) atoms. The molecule has 0 spiro atoms.